The number of aromatic nitrogens is 1. The molecule has 0 fully saturated rings. The fourth-order valence-electron chi connectivity index (χ4n) is 4.24. The molecule has 5 aromatic rings. The van der Waals surface area contributed by atoms with Gasteiger partial charge in [-0.25, -0.2) is 0 Å². The van der Waals surface area contributed by atoms with Gasteiger partial charge in [0.05, 0.1) is 17.1 Å². The minimum absolute atomic E-state index is 0.00715. The van der Waals surface area contributed by atoms with Crippen LogP contribution in [-0.4, -0.2) is 4.57 Å². The van der Waals surface area contributed by atoms with E-state index in [2.05, 4.69) is 71.4 Å². The average Bonchev–Trinajstić information content (AvgIpc) is 3.22. The molecule has 1 aromatic heterocycles. The molecule has 5 rings (SSSR count). The quantitative estimate of drug-likeness (QED) is 0.224. The number of benzene rings is 4. The lowest BCUT2D eigenvalue weighted by Gasteiger charge is -2.21. The van der Waals surface area contributed by atoms with Gasteiger partial charge >= 0.3 is 6.18 Å². The van der Waals surface area contributed by atoms with Gasteiger partial charge in [0, 0.05) is 22.2 Å². The van der Waals surface area contributed by atoms with Crippen molar-refractivity contribution in [2.24, 2.45) is 0 Å². The molecule has 0 saturated heterocycles. The van der Waals surface area contributed by atoms with Gasteiger partial charge in [-0.1, -0.05) is 91.0 Å². The van der Waals surface area contributed by atoms with Gasteiger partial charge in [-0.15, -0.1) is 11.8 Å². The van der Waals surface area contributed by atoms with E-state index >= 15 is 0 Å². The van der Waals surface area contributed by atoms with Gasteiger partial charge in [-0.2, -0.15) is 13.2 Å². The summed E-state index contributed by atoms with van der Waals surface area (Å²) in [4.78, 5) is 1.10. The van der Waals surface area contributed by atoms with Gasteiger partial charge in [0.15, 0.2) is 0 Å². The molecular formula is C29H22F3NS. The van der Waals surface area contributed by atoms with Gasteiger partial charge in [0.2, 0.25) is 0 Å². The van der Waals surface area contributed by atoms with Crippen LogP contribution in [-0.2, 0) is 11.9 Å². The smallest absolute Gasteiger partial charge is 0.335 e. The highest BCUT2D eigenvalue weighted by atomic mass is 32.2. The first kappa shape index (κ1) is 22.4. The van der Waals surface area contributed by atoms with E-state index in [1.807, 2.05) is 24.3 Å². The molecule has 4 aromatic carbocycles. The minimum atomic E-state index is -4.32. The van der Waals surface area contributed by atoms with Crippen LogP contribution in [0.15, 0.2) is 120 Å². The maximum absolute atomic E-state index is 12.9. The second-order valence-corrected chi connectivity index (χ2v) is 9.14. The summed E-state index contributed by atoms with van der Waals surface area (Å²) in [5.41, 5.74) is 3.74. The van der Waals surface area contributed by atoms with Crippen molar-refractivity contribution in [3.63, 3.8) is 0 Å². The summed E-state index contributed by atoms with van der Waals surface area (Å²) in [5.74, 6) is 0.591. The monoisotopic (exact) mass is 473 g/mol. The van der Waals surface area contributed by atoms with Gasteiger partial charge in [0.25, 0.3) is 0 Å². The molecule has 0 spiro atoms. The zero-order valence-corrected chi connectivity index (χ0v) is 19.1. The Morgan fingerprint density at radius 1 is 0.676 bits per heavy atom. The number of para-hydroxylation sites is 1. The Morgan fingerprint density at radius 3 is 1.82 bits per heavy atom. The highest BCUT2D eigenvalue weighted by molar-refractivity contribution is 7.98. The van der Waals surface area contributed by atoms with Crippen molar-refractivity contribution in [2.75, 3.05) is 0 Å². The molecule has 0 aliphatic rings. The lowest BCUT2D eigenvalue weighted by atomic mass is 9.98. The van der Waals surface area contributed by atoms with Crippen molar-refractivity contribution in [3.05, 3.63) is 138 Å². The fourth-order valence-corrected chi connectivity index (χ4v) is 5.27. The third-order valence-corrected chi connectivity index (χ3v) is 7.00. The Labute approximate surface area is 200 Å². The highest BCUT2D eigenvalue weighted by Gasteiger charge is 2.30. The van der Waals surface area contributed by atoms with Crippen molar-refractivity contribution in [1.82, 2.24) is 4.57 Å². The van der Waals surface area contributed by atoms with E-state index in [1.165, 1.54) is 11.1 Å². The molecule has 170 valence electrons. The lowest BCUT2D eigenvalue weighted by molar-refractivity contribution is -0.137. The van der Waals surface area contributed by atoms with E-state index in [-0.39, 0.29) is 6.04 Å². The summed E-state index contributed by atoms with van der Waals surface area (Å²) in [5, 5.41) is 1.14. The molecule has 0 aliphatic carbocycles. The van der Waals surface area contributed by atoms with Crippen LogP contribution in [0.1, 0.15) is 28.3 Å². The van der Waals surface area contributed by atoms with Crippen molar-refractivity contribution < 1.29 is 13.2 Å². The maximum atomic E-state index is 12.9. The number of fused-ring (bicyclic) bond motifs is 1. The second-order valence-electron chi connectivity index (χ2n) is 8.13. The van der Waals surface area contributed by atoms with Crippen LogP contribution < -0.4 is 0 Å². The van der Waals surface area contributed by atoms with Gasteiger partial charge in [-0.3, -0.25) is 0 Å². The predicted molar refractivity (Wildman–Crippen MR) is 133 cm³/mol. The van der Waals surface area contributed by atoms with Crippen molar-refractivity contribution in [2.45, 2.75) is 22.9 Å². The lowest BCUT2D eigenvalue weighted by Crippen LogP contribution is -2.11. The summed E-state index contributed by atoms with van der Waals surface area (Å²) in [6, 6.07) is 34.5. The van der Waals surface area contributed by atoms with Crippen molar-refractivity contribution in [3.8, 4) is 0 Å². The van der Waals surface area contributed by atoms with E-state index in [4.69, 9.17) is 0 Å². The SMILES string of the molecule is FC(F)(F)c1ccc(CSc2cn(C(c3ccccc3)c3ccccc3)c3ccccc23)cc1. The van der Waals surface area contributed by atoms with Crippen LogP contribution in [0.4, 0.5) is 13.2 Å². The van der Waals surface area contributed by atoms with Crippen molar-refractivity contribution >= 4 is 22.7 Å². The second kappa shape index (κ2) is 9.43. The fraction of sp³-hybridized carbons (Fsp3) is 0.103. The Hall–Kier alpha value is -3.44. The first-order valence-corrected chi connectivity index (χ1v) is 12.0. The van der Waals surface area contributed by atoms with Gasteiger partial charge in [0.1, 0.15) is 0 Å². The minimum Gasteiger partial charge on any atom is -0.335 e. The number of hydrogen-bond acceptors (Lipinski definition) is 1. The summed E-state index contributed by atoms with van der Waals surface area (Å²) in [7, 11) is 0. The van der Waals surface area contributed by atoms with Crippen molar-refractivity contribution in [1.29, 1.82) is 0 Å². The molecule has 0 bridgehead atoms. The number of rotatable bonds is 6. The third-order valence-electron chi connectivity index (χ3n) is 5.89. The summed E-state index contributed by atoms with van der Waals surface area (Å²) in [6.07, 6.45) is -2.15. The van der Waals surface area contributed by atoms with Gasteiger partial charge in [-0.05, 0) is 34.9 Å². The number of hydrogen-bond donors (Lipinski definition) is 0. The van der Waals surface area contributed by atoms with Crippen LogP contribution in [0.25, 0.3) is 10.9 Å². The standard InChI is InChI=1S/C29H22F3NS/c30-29(31,32)24-17-15-21(16-18-24)20-34-27-19-33(26-14-8-7-13-25(26)27)28(22-9-3-1-4-10-22)23-11-5-2-6-12-23/h1-19,28H,20H2. The highest BCUT2D eigenvalue weighted by Crippen LogP contribution is 2.38. The normalized spacial score (nSPS) is 11.9. The molecule has 0 radical (unpaired) electrons. The van der Waals surface area contributed by atoms with E-state index in [1.54, 1.807) is 23.9 Å². The average molecular weight is 474 g/mol. The van der Waals surface area contributed by atoms with Crippen LogP contribution in [0.5, 0.6) is 0 Å². The molecule has 0 unspecified atom stereocenters. The van der Waals surface area contributed by atoms with Gasteiger partial charge < -0.3 is 4.57 Å². The third kappa shape index (κ3) is 4.62. The number of thioether (sulfide) groups is 1. The maximum Gasteiger partial charge on any atom is 0.416 e. The number of nitrogens with zero attached hydrogens (tertiary/aromatic N) is 1. The molecule has 0 saturated carbocycles. The summed E-state index contributed by atoms with van der Waals surface area (Å²) in [6.45, 7) is 0. The van der Waals surface area contributed by atoms with E-state index in [0.717, 1.165) is 33.5 Å². The molecule has 34 heavy (non-hydrogen) atoms. The number of halogens is 3. The van der Waals surface area contributed by atoms with Crippen LogP contribution in [0.3, 0.4) is 0 Å². The molecule has 0 amide bonds. The zero-order chi connectivity index (χ0) is 23.5. The summed E-state index contributed by atoms with van der Waals surface area (Å²) >= 11 is 1.64. The Bertz CT molecular complexity index is 1330. The zero-order valence-electron chi connectivity index (χ0n) is 18.2. The Kier molecular flexibility index (Phi) is 6.20. The largest absolute Gasteiger partial charge is 0.416 e. The predicted octanol–water partition coefficient (Wildman–Crippen LogP) is 8.59. The molecule has 0 atom stereocenters. The van der Waals surface area contributed by atoms with Crippen LogP contribution in [0, 0.1) is 0 Å². The van der Waals surface area contributed by atoms with Crippen LogP contribution in [0.2, 0.25) is 0 Å². The topological polar surface area (TPSA) is 4.93 Å². The first-order valence-electron chi connectivity index (χ1n) is 11.0. The van der Waals surface area contributed by atoms with E-state index in [9.17, 15) is 13.2 Å². The Morgan fingerprint density at radius 2 is 1.24 bits per heavy atom. The molecule has 1 nitrogen and oxygen atoms in total. The molecule has 0 aliphatic heterocycles. The first-order chi connectivity index (χ1) is 16.5. The molecule has 0 N–H and O–H groups in total. The molecular weight excluding hydrogens is 451 g/mol. The Balaban J connectivity index is 1.52. The number of alkyl halides is 3. The molecule has 1 heterocycles. The summed E-state index contributed by atoms with van der Waals surface area (Å²) < 4.78 is 41.0. The van der Waals surface area contributed by atoms with E-state index < -0.39 is 11.7 Å². The molecule has 5 heteroatoms. The van der Waals surface area contributed by atoms with Crippen LogP contribution >= 0.6 is 11.8 Å². The van der Waals surface area contributed by atoms with E-state index in [0.29, 0.717) is 5.75 Å².